The molecule has 0 radical (unpaired) electrons. The van der Waals surface area contributed by atoms with Crippen LogP contribution in [0.5, 0.6) is 5.75 Å². The van der Waals surface area contributed by atoms with Crippen molar-refractivity contribution in [2.24, 2.45) is 0 Å². The molecule has 98 valence electrons. The SMILES string of the molecule is CCC[NH+]1CCO[C@@H]2c3cc(O)ccc3CC[C@H]21. The van der Waals surface area contributed by atoms with Gasteiger partial charge in [0.25, 0.3) is 0 Å². The molecule has 1 heterocycles. The minimum absolute atomic E-state index is 0.191. The van der Waals surface area contributed by atoms with E-state index in [9.17, 15) is 5.11 Å². The van der Waals surface area contributed by atoms with E-state index in [4.69, 9.17) is 4.74 Å². The molecule has 2 aliphatic rings. The Bertz CT molecular complexity index is 431. The van der Waals surface area contributed by atoms with Gasteiger partial charge in [0.15, 0.2) is 0 Å². The van der Waals surface area contributed by atoms with Gasteiger partial charge in [0.05, 0.1) is 13.2 Å². The van der Waals surface area contributed by atoms with Gasteiger partial charge in [-0.05, 0) is 36.1 Å². The van der Waals surface area contributed by atoms with Crippen molar-refractivity contribution >= 4 is 0 Å². The molecule has 3 heteroatoms. The molecule has 2 N–H and O–H groups in total. The fourth-order valence-electron chi connectivity index (χ4n) is 3.51. The first-order valence-electron chi connectivity index (χ1n) is 7.07. The van der Waals surface area contributed by atoms with Crippen molar-refractivity contribution < 1.29 is 14.7 Å². The third kappa shape index (κ3) is 2.02. The van der Waals surface area contributed by atoms with E-state index in [-0.39, 0.29) is 6.10 Å². The Morgan fingerprint density at radius 2 is 2.33 bits per heavy atom. The van der Waals surface area contributed by atoms with Crippen LogP contribution in [0.4, 0.5) is 0 Å². The third-order valence-corrected chi connectivity index (χ3v) is 4.34. The highest BCUT2D eigenvalue weighted by Crippen LogP contribution is 2.34. The fraction of sp³-hybridized carbons (Fsp3) is 0.600. The van der Waals surface area contributed by atoms with Crippen LogP contribution in [0, 0.1) is 0 Å². The molecule has 3 nitrogen and oxygen atoms in total. The molecule has 0 amide bonds. The first-order valence-corrected chi connectivity index (χ1v) is 7.07. The van der Waals surface area contributed by atoms with Crippen molar-refractivity contribution in [3.63, 3.8) is 0 Å². The third-order valence-electron chi connectivity index (χ3n) is 4.34. The number of ether oxygens (including phenoxy) is 1. The van der Waals surface area contributed by atoms with Gasteiger partial charge in [-0.1, -0.05) is 13.0 Å². The standard InChI is InChI=1S/C15H21NO2/c1-2-7-16-8-9-18-15-13-10-12(17)5-3-11(13)4-6-14(15)16/h3,5,10,14-15,17H,2,4,6-9H2,1H3/p+1/t14-,15-/m1/s1. The van der Waals surface area contributed by atoms with Crippen LogP contribution < -0.4 is 4.90 Å². The molecule has 1 saturated heterocycles. The summed E-state index contributed by atoms with van der Waals surface area (Å²) in [4.78, 5) is 1.68. The first-order chi connectivity index (χ1) is 8.79. The quantitative estimate of drug-likeness (QED) is 0.821. The van der Waals surface area contributed by atoms with E-state index in [2.05, 4.69) is 13.0 Å². The van der Waals surface area contributed by atoms with Crippen LogP contribution in [0.15, 0.2) is 18.2 Å². The topological polar surface area (TPSA) is 33.9 Å². The smallest absolute Gasteiger partial charge is 0.135 e. The zero-order valence-corrected chi connectivity index (χ0v) is 11.0. The first kappa shape index (κ1) is 12.0. The van der Waals surface area contributed by atoms with Gasteiger partial charge in [-0.3, -0.25) is 0 Å². The second-order valence-electron chi connectivity index (χ2n) is 5.48. The van der Waals surface area contributed by atoms with Crippen molar-refractivity contribution in [1.82, 2.24) is 0 Å². The van der Waals surface area contributed by atoms with E-state index < -0.39 is 0 Å². The Morgan fingerprint density at radius 3 is 3.17 bits per heavy atom. The van der Waals surface area contributed by atoms with Gasteiger partial charge in [0, 0.05) is 6.42 Å². The maximum absolute atomic E-state index is 9.69. The van der Waals surface area contributed by atoms with Gasteiger partial charge >= 0.3 is 0 Å². The summed E-state index contributed by atoms with van der Waals surface area (Å²) in [6.07, 6.45) is 3.74. The lowest BCUT2D eigenvalue weighted by atomic mass is 9.84. The molecule has 3 rings (SSSR count). The van der Waals surface area contributed by atoms with Gasteiger partial charge in [0.2, 0.25) is 0 Å². The Hall–Kier alpha value is -1.06. The van der Waals surface area contributed by atoms with E-state index in [0.29, 0.717) is 11.8 Å². The van der Waals surface area contributed by atoms with Gasteiger partial charge in [-0.2, -0.15) is 0 Å². The molecule has 1 unspecified atom stereocenters. The number of aromatic hydroxyl groups is 1. The molecule has 1 fully saturated rings. The minimum atomic E-state index is 0.191. The van der Waals surface area contributed by atoms with Crippen LogP contribution in [0.3, 0.4) is 0 Å². The van der Waals surface area contributed by atoms with E-state index in [1.54, 1.807) is 11.0 Å². The average molecular weight is 248 g/mol. The summed E-state index contributed by atoms with van der Waals surface area (Å²) in [5, 5.41) is 9.69. The predicted octanol–water partition coefficient (Wildman–Crippen LogP) is 1.07. The molecule has 1 aromatic carbocycles. The van der Waals surface area contributed by atoms with E-state index >= 15 is 0 Å². The molecule has 18 heavy (non-hydrogen) atoms. The van der Waals surface area contributed by atoms with E-state index in [1.165, 1.54) is 30.5 Å². The van der Waals surface area contributed by atoms with Crippen molar-refractivity contribution in [3.8, 4) is 5.75 Å². The number of quaternary nitrogens is 1. The van der Waals surface area contributed by atoms with Gasteiger partial charge in [-0.25, -0.2) is 0 Å². The van der Waals surface area contributed by atoms with Crippen molar-refractivity contribution in [2.45, 2.75) is 38.3 Å². The number of nitrogens with one attached hydrogen (secondary N) is 1. The normalized spacial score (nSPS) is 30.6. The summed E-state index contributed by atoms with van der Waals surface area (Å²) >= 11 is 0. The summed E-state index contributed by atoms with van der Waals surface area (Å²) < 4.78 is 6.01. The van der Waals surface area contributed by atoms with Crippen LogP contribution in [-0.4, -0.2) is 30.8 Å². The Kier molecular flexibility index (Phi) is 3.27. The van der Waals surface area contributed by atoms with E-state index in [0.717, 1.165) is 19.6 Å². The molecule has 1 aromatic rings. The number of phenols is 1. The Labute approximate surface area is 108 Å². The van der Waals surface area contributed by atoms with Crippen molar-refractivity contribution in [2.75, 3.05) is 19.7 Å². The summed E-state index contributed by atoms with van der Waals surface area (Å²) in [6.45, 7) is 5.45. The van der Waals surface area contributed by atoms with Gasteiger partial charge < -0.3 is 14.7 Å². The molecule has 0 aromatic heterocycles. The number of rotatable bonds is 2. The number of morpholine rings is 1. The molecular formula is C15H22NO2+. The number of aryl methyl sites for hydroxylation is 1. The van der Waals surface area contributed by atoms with Crippen LogP contribution >= 0.6 is 0 Å². The zero-order valence-electron chi connectivity index (χ0n) is 11.0. The Morgan fingerprint density at radius 1 is 1.44 bits per heavy atom. The highest BCUT2D eigenvalue weighted by atomic mass is 16.5. The minimum Gasteiger partial charge on any atom is -0.508 e. The van der Waals surface area contributed by atoms with Crippen LogP contribution in [0.2, 0.25) is 0 Å². The maximum atomic E-state index is 9.69. The number of phenolic OH excluding ortho intramolecular Hbond substituents is 1. The number of hydrogen-bond acceptors (Lipinski definition) is 2. The summed E-state index contributed by atoms with van der Waals surface area (Å²) in [5.41, 5.74) is 2.58. The monoisotopic (exact) mass is 248 g/mol. The van der Waals surface area contributed by atoms with Gasteiger partial charge in [0.1, 0.15) is 24.4 Å². The highest BCUT2D eigenvalue weighted by molar-refractivity contribution is 5.38. The molecule has 3 atom stereocenters. The predicted molar refractivity (Wildman–Crippen MR) is 69.9 cm³/mol. The molecule has 0 saturated carbocycles. The second kappa shape index (κ2) is 4.90. The number of hydrogen-bond donors (Lipinski definition) is 2. The summed E-state index contributed by atoms with van der Waals surface area (Å²) in [6, 6.07) is 6.32. The fourth-order valence-corrected chi connectivity index (χ4v) is 3.51. The second-order valence-corrected chi connectivity index (χ2v) is 5.48. The molecule has 0 spiro atoms. The summed E-state index contributed by atoms with van der Waals surface area (Å²) in [7, 11) is 0. The lowest BCUT2D eigenvalue weighted by Crippen LogP contribution is -3.18. The molecule has 1 aliphatic carbocycles. The molecule has 1 aliphatic heterocycles. The average Bonchev–Trinajstić information content (AvgIpc) is 2.39. The lowest BCUT2D eigenvalue weighted by Gasteiger charge is -2.41. The van der Waals surface area contributed by atoms with E-state index in [1.807, 2.05) is 6.07 Å². The van der Waals surface area contributed by atoms with Crippen LogP contribution in [0.25, 0.3) is 0 Å². The van der Waals surface area contributed by atoms with Crippen molar-refractivity contribution in [1.29, 1.82) is 0 Å². The lowest BCUT2D eigenvalue weighted by molar-refractivity contribution is -0.939. The number of benzene rings is 1. The Balaban J connectivity index is 1.91. The molecular weight excluding hydrogens is 226 g/mol. The summed E-state index contributed by atoms with van der Waals surface area (Å²) in [5.74, 6) is 0.362. The van der Waals surface area contributed by atoms with Crippen LogP contribution in [0.1, 0.15) is 37.0 Å². The maximum Gasteiger partial charge on any atom is 0.135 e. The highest BCUT2D eigenvalue weighted by Gasteiger charge is 2.40. The van der Waals surface area contributed by atoms with Gasteiger partial charge in [-0.15, -0.1) is 0 Å². The van der Waals surface area contributed by atoms with Crippen molar-refractivity contribution in [3.05, 3.63) is 29.3 Å². The molecule has 0 bridgehead atoms. The van der Waals surface area contributed by atoms with Crippen LogP contribution in [-0.2, 0) is 11.2 Å². The zero-order chi connectivity index (χ0) is 12.5. The largest absolute Gasteiger partial charge is 0.508 e. The number of fused-ring (bicyclic) bond motifs is 3.